The van der Waals surface area contributed by atoms with Crippen LogP contribution in [0.2, 0.25) is 0 Å². The molecule has 0 bridgehead atoms. The number of nitrogens with one attached hydrogen (secondary N) is 1. The maximum atomic E-state index is 13.3. The molecular formula is C27H28F3N5O3S. The van der Waals surface area contributed by atoms with E-state index in [-0.39, 0.29) is 10.9 Å². The van der Waals surface area contributed by atoms with Crippen molar-refractivity contribution < 1.29 is 26.3 Å². The molecule has 0 amide bonds. The molecule has 4 heterocycles. The third-order valence-corrected chi connectivity index (χ3v) is 8.64. The normalized spacial score (nSPS) is 15.6. The smallest absolute Gasteiger partial charge is 0.404 e. The van der Waals surface area contributed by atoms with E-state index in [1.165, 1.54) is 16.4 Å². The molecular weight excluding hydrogens is 531 g/mol. The zero-order valence-corrected chi connectivity index (χ0v) is 22.2. The topological polar surface area (TPSA) is 88.8 Å². The van der Waals surface area contributed by atoms with Gasteiger partial charge in [0.2, 0.25) is 10.0 Å². The average Bonchev–Trinajstić information content (AvgIpc) is 3.33. The van der Waals surface area contributed by atoms with Crippen LogP contribution in [0.25, 0.3) is 16.8 Å². The Hall–Kier alpha value is -3.64. The van der Waals surface area contributed by atoms with E-state index in [2.05, 4.69) is 38.3 Å². The van der Waals surface area contributed by atoms with Crippen LogP contribution in [0.1, 0.15) is 38.3 Å². The second kappa shape index (κ2) is 10.5. The van der Waals surface area contributed by atoms with Gasteiger partial charge in [-0.05, 0) is 66.3 Å². The van der Waals surface area contributed by atoms with Crippen molar-refractivity contribution in [2.24, 2.45) is 0 Å². The Morgan fingerprint density at radius 1 is 0.949 bits per heavy atom. The number of rotatable bonds is 7. The van der Waals surface area contributed by atoms with Gasteiger partial charge in [0.1, 0.15) is 17.2 Å². The molecule has 0 radical (unpaired) electrons. The third kappa shape index (κ3) is 6.01. The van der Waals surface area contributed by atoms with Gasteiger partial charge in [-0.1, -0.05) is 26.0 Å². The van der Waals surface area contributed by atoms with Gasteiger partial charge in [-0.15, -0.1) is 13.2 Å². The predicted octanol–water partition coefficient (Wildman–Crippen LogP) is 5.68. The Balaban J connectivity index is 1.22. The summed E-state index contributed by atoms with van der Waals surface area (Å²) >= 11 is 0. The molecule has 0 unspecified atom stereocenters. The lowest BCUT2D eigenvalue weighted by molar-refractivity contribution is -0.274. The van der Waals surface area contributed by atoms with Crippen LogP contribution in [0.15, 0.2) is 72.0 Å². The van der Waals surface area contributed by atoms with Gasteiger partial charge in [0.25, 0.3) is 0 Å². The summed E-state index contributed by atoms with van der Waals surface area (Å²) in [6, 6.07) is 13.3. The largest absolute Gasteiger partial charge is 0.573 e. The highest BCUT2D eigenvalue weighted by molar-refractivity contribution is 7.89. The predicted molar refractivity (Wildman–Crippen MR) is 141 cm³/mol. The number of ether oxygens (including phenoxy) is 1. The van der Waals surface area contributed by atoms with Crippen molar-refractivity contribution in [1.29, 1.82) is 0 Å². The van der Waals surface area contributed by atoms with Crippen molar-refractivity contribution in [1.82, 2.24) is 18.7 Å². The van der Waals surface area contributed by atoms with Gasteiger partial charge in [0.05, 0.1) is 11.1 Å². The second-order valence-corrected chi connectivity index (χ2v) is 11.7. The second-order valence-electron chi connectivity index (χ2n) is 9.76. The van der Waals surface area contributed by atoms with Gasteiger partial charge < -0.3 is 14.5 Å². The number of aromatic nitrogens is 3. The van der Waals surface area contributed by atoms with Crippen LogP contribution in [-0.4, -0.2) is 52.6 Å². The van der Waals surface area contributed by atoms with Gasteiger partial charge in [0, 0.05) is 37.2 Å². The molecule has 0 saturated carbocycles. The minimum absolute atomic E-state index is 0.0606. The van der Waals surface area contributed by atoms with Crippen LogP contribution in [0.5, 0.6) is 5.75 Å². The molecule has 1 aliphatic heterocycles. The first kappa shape index (κ1) is 26.9. The van der Waals surface area contributed by atoms with Gasteiger partial charge in [-0.25, -0.2) is 18.4 Å². The van der Waals surface area contributed by atoms with E-state index in [1.54, 1.807) is 12.1 Å². The molecule has 3 aromatic heterocycles. The van der Waals surface area contributed by atoms with Gasteiger partial charge in [-0.3, -0.25) is 0 Å². The molecule has 1 saturated heterocycles. The lowest BCUT2D eigenvalue weighted by atomic mass is 10.1. The zero-order chi connectivity index (χ0) is 27.8. The number of hydrogen-bond donors (Lipinski definition) is 1. The summed E-state index contributed by atoms with van der Waals surface area (Å²) in [5.74, 6) is 0.315. The highest BCUT2D eigenvalue weighted by Crippen LogP contribution is 2.28. The Labute approximate surface area is 224 Å². The van der Waals surface area contributed by atoms with Gasteiger partial charge >= 0.3 is 6.36 Å². The number of anilines is 1. The van der Waals surface area contributed by atoms with Crippen molar-refractivity contribution in [3.63, 3.8) is 0 Å². The fraction of sp³-hybridized carbons (Fsp3) is 0.333. The molecule has 39 heavy (non-hydrogen) atoms. The van der Waals surface area contributed by atoms with Crippen LogP contribution >= 0.6 is 0 Å². The summed E-state index contributed by atoms with van der Waals surface area (Å²) in [5.41, 5.74) is 3.83. The highest BCUT2D eigenvalue weighted by atomic mass is 32.2. The van der Waals surface area contributed by atoms with Crippen molar-refractivity contribution in [2.45, 2.75) is 49.9 Å². The summed E-state index contributed by atoms with van der Waals surface area (Å²) in [7, 11) is -3.67. The number of fused-ring (bicyclic) bond motifs is 1. The molecule has 1 aliphatic rings. The van der Waals surface area contributed by atoms with E-state index in [1.807, 2.05) is 36.7 Å². The summed E-state index contributed by atoms with van der Waals surface area (Å²) in [6.07, 6.45) is 1.17. The SMILES string of the molecule is CC(C)c1cnc2ccc(-c3ccc(S(=O)(=O)N4CCC(Nc5ccc(OC(F)(F)F)cn5)CC4)cc3)cn12. The molecule has 1 aromatic carbocycles. The van der Waals surface area contributed by atoms with Crippen LogP contribution in [-0.2, 0) is 10.0 Å². The molecule has 5 rings (SSSR count). The molecule has 4 aromatic rings. The maximum Gasteiger partial charge on any atom is 0.573 e. The van der Waals surface area contributed by atoms with Crippen LogP contribution < -0.4 is 10.1 Å². The molecule has 0 spiro atoms. The van der Waals surface area contributed by atoms with E-state index < -0.39 is 22.1 Å². The third-order valence-electron chi connectivity index (χ3n) is 6.73. The average molecular weight is 560 g/mol. The number of alkyl halides is 3. The van der Waals surface area contributed by atoms with E-state index in [4.69, 9.17) is 0 Å². The molecule has 206 valence electrons. The van der Waals surface area contributed by atoms with Crippen molar-refractivity contribution in [3.05, 3.63) is 72.8 Å². The molecule has 1 N–H and O–H groups in total. The van der Waals surface area contributed by atoms with E-state index >= 15 is 0 Å². The number of imidazole rings is 1. The van der Waals surface area contributed by atoms with Gasteiger partial charge in [0.15, 0.2) is 0 Å². The molecule has 1 fully saturated rings. The number of sulfonamides is 1. The lowest BCUT2D eigenvalue weighted by Crippen LogP contribution is -2.42. The fourth-order valence-corrected chi connectivity index (χ4v) is 6.14. The van der Waals surface area contributed by atoms with Crippen molar-refractivity contribution in [3.8, 4) is 16.9 Å². The molecule has 0 atom stereocenters. The number of halogens is 3. The quantitative estimate of drug-likeness (QED) is 0.313. The number of piperidine rings is 1. The van der Waals surface area contributed by atoms with Crippen LogP contribution in [0, 0.1) is 0 Å². The standard InChI is InChI=1S/C27H28F3N5O3S/c1-18(2)24-16-32-26-10-5-20(17-35(24)26)19-3-7-23(8-4-19)39(36,37)34-13-11-21(12-14-34)33-25-9-6-22(15-31-25)38-27(28,29)30/h3-10,15-18,21H,11-14H2,1-2H3,(H,31,33). The molecule has 8 nitrogen and oxygen atoms in total. The number of nitrogens with zero attached hydrogens (tertiary/aromatic N) is 4. The van der Waals surface area contributed by atoms with Crippen LogP contribution in [0.4, 0.5) is 19.0 Å². The Morgan fingerprint density at radius 3 is 2.26 bits per heavy atom. The highest BCUT2D eigenvalue weighted by Gasteiger charge is 2.32. The van der Waals surface area contributed by atoms with E-state index in [0.717, 1.165) is 28.7 Å². The fourth-order valence-electron chi connectivity index (χ4n) is 4.68. The van der Waals surface area contributed by atoms with Crippen LogP contribution in [0.3, 0.4) is 0 Å². The minimum atomic E-state index is -4.78. The summed E-state index contributed by atoms with van der Waals surface area (Å²) in [4.78, 5) is 8.63. The number of hydrogen-bond acceptors (Lipinski definition) is 6. The monoisotopic (exact) mass is 559 g/mol. The van der Waals surface area contributed by atoms with Crippen molar-refractivity contribution >= 4 is 21.5 Å². The van der Waals surface area contributed by atoms with Crippen molar-refractivity contribution in [2.75, 3.05) is 18.4 Å². The van der Waals surface area contributed by atoms with Gasteiger partial charge in [-0.2, -0.15) is 4.31 Å². The number of benzene rings is 1. The summed E-state index contributed by atoms with van der Waals surface area (Å²) in [5, 5.41) is 3.15. The Kier molecular flexibility index (Phi) is 7.25. The first-order valence-corrected chi connectivity index (χ1v) is 14.0. The molecule has 0 aliphatic carbocycles. The summed E-state index contributed by atoms with van der Waals surface area (Å²) in [6.45, 7) is 4.85. The first-order chi connectivity index (χ1) is 18.5. The Morgan fingerprint density at radius 2 is 1.64 bits per heavy atom. The van der Waals surface area contributed by atoms with E-state index in [9.17, 15) is 21.6 Å². The van der Waals surface area contributed by atoms with E-state index in [0.29, 0.717) is 37.7 Å². The summed E-state index contributed by atoms with van der Waals surface area (Å²) < 4.78 is 70.9. The lowest BCUT2D eigenvalue weighted by Gasteiger charge is -2.32. The minimum Gasteiger partial charge on any atom is -0.404 e. The first-order valence-electron chi connectivity index (χ1n) is 12.6. The molecule has 12 heteroatoms. The maximum absolute atomic E-state index is 13.3. The zero-order valence-electron chi connectivity index (χ0n) is 21.4. The Bertz CT molecular complexity index is 1540. The number of pyridine rings is 2.